The number of benzene rings is 2. The van der Waals surface area contributed by atoms with Crippen LogP contribution in [-0.4, -0.2) is 29.4 Å². The molecule has 2 atom stereocenters. The summed E-state index contributed by atoms with van der Waals surface area (Å²) in [4.78, 5) is 27.2. The van der Waals surface area contributed by atoms with E-state index in [0.29, 0.717) is 19.5 Å². The van der Waals surface area contributed by atoms with Crippen LogP contribution in [0.25, 0.3) is 0 Å². The molecule has 0 saturated carbocycles. The maximum absolute atomic E-state index is 12.8. The van der Waals surface area contributed by atoms with Gasteiger partial charge in [0.15, 0.2) is 0 Å². The molecule has 30 heavy (non-hydrogen) atoms. The van der Waals surface area contributed by atoms with E-state index in [9.17, 15) is 9.59 Å². The lowest BCUT2D eigenvalue weighted by atomic mass is 9.87. The van der Waals surface area contributed by atoms with Gasteiger partial charge in [-0.05, 0) is 49.3 Å². The van der Waals surface area contributed by atoms with Crippen molar-refractivity contribution in [2.24, 2.45) is 0 Å². The highest BCUT2D eigenvalue weighted by atomic mass is 16.2. The Morgan fingerprint density at radius 2 is 1.83 bits per heavy atom. The number of rotatable bonds is 8. The molecule has 0 radical (unpaired) electrons. The molecule has 1 aliphatic carbocycles. The van der Waals surface area contributed by atoms with Crippen molar-refractivity contribution >= 4 is 11.9 Å². The molecule has 1 aliphatic rings. The zero-order chi connectivity index (χ0) is 21.3. The Balaban J connectivity index is 1.54. The van der Waals surface area contributed by atoms with Crippen molar-refractivity contribution in [1.82, 2.24) is 15.5 Å². The number of fused-ring (bicyclic) bond motifs is 1. The van der Waals surface area contributed by atoms with E-state index >= 15 is 0 Å². The predicted octanol–water partition coefficient (Wildman–Crippen LogP) is 4.58. The van der Waals surface area contributed by atoms with Crippen molar-refractivity contribution in [2.75, 3.05) is 6.54 Å². The Morgan fingerprint density at radius 1 is 1.10 bits per heavy atom. The standard InChI is InChI=1S/C25H33N3O2/c1-3-19(2)28(25(30)26-18-20-10-5-4-6-11-20)17-16-24(29)27-23-15-9-13-21-12-7-8-14-22(21)23/h4-8,10-12,14,19,23H,3,9,13,15-18H2,1-2H3,(H,26,30)(H,27,29). The summed E-state index contributed by atoms with van der Waals surface area (Å²) in [6.07, 6.45) is 4.28. The molecule has 2 aromatic rings. The van der Waals surface area contributed by atoms with Gasteiger partial charge in [-0.3, -0.25) is 4.79 Å². The fraction of sp³-hybridized carbons (Fsp3) is 0.440. The number of carbonyl (C=O) groups is 2. The molecule has 0 bridgehead atoms. The van der Waals surface area contributed by atoms with E-state index in [-0.39, 0.29) is 24.0 Å². The van der Waals surface area contributed by atoms with Crippen LogP contribution in [0.4, 0.5) is 4.79 Å². The van der Waals surface area contributed by atoms with Crippen molar-refractivity contribution in [1.29, 1.82) is 0 Å². The van der Waals surface area contributed by atoms with E-state index in [2.05, 4.69) is 35.8 Å². The summed E-state index contributed by atoms with van der Waals surface area (Å²) in [6, 6.07) is 18.2. The average molecular weight is 408 g/mol. The number of hydrogen-bond donors (Lipinski definition) is 2. The molecule has 160 valence electrons. The van der Waals surface area contributed by atoms with Crippen LogP contribution in [0, 0.1) is 0 Å². The van der Waals surface area contributed by atoms with Crippen molar-refractivity contribution < 1.29 is 9.59 Å². The topological polar surface area (TPSA) is 61.4 Å². The van der Waals surface area contributed by atoms with E-state index in [1.807, 2.05) is 43.3 Å². The van der Waals surface area contributed by atoms with Gasteiger partial charge in [0.25, 0.3) is 0 Å². The summed E-state index contributed by atoms with van der Waals surface area (Å²) in [6.45, 7) is 4.98. The minimum atomic E-state index is -0.121. The van der Waals surface area contributed by atoms with Crippen molar-refractivity contribution in [3.63, 3.8) is 0 Å². The lowest BCUT2D eigenvalue weighted by Gasteiger charge is -2.30. The first kappa shape index (κ1) is 21.9. The second-order valence-corrected chi connectivity index (χ2v) is 8.06. The van der Waals surface area contributed by atoms with Gasteiger partial charge in [0, 0.05) is 25.6 Å². The zero-order valence-corrected chi connectivity index (χ0v) is 18.1. The first-order valence-electron chi connectivity index (χ1n) is 11.0. The third-order valence-electron chi connectivity index (χ3n) is 5.95. The maximum atomic E-state index is 12.8. The minimum Gasteiger partial charge on any atom is -0.349 e. The number of carbonyl (C=O) groups excluding carboxylic acids is 2. The maximum Gasteiger partial charge on any atom is 0.317 e. The number of hydrogen-bond acceptors (Lipinski definition) is 2. The highest BCUT2D eigenvalue weighted by Gasteiger charge is 2.23. The first-order valence-corrected chi connectivity index (χ1v) is 11.0. The fourth-order valence-corrected chi connectivity index (χ4v) is 4.01. The molecule has 0 saturated heterocycles. The molecule has 0 spiro atoms. The third-order valence-corrected chi connectivity index (χ3v) is 5.95. The summed E-state index contributed by atoms with van der Waals surface area (Å²) in [5.41, 5.74) is 3.62. The highest BCUT2D eigenvalue weighted by Crippen LogP contribution is 2.29. The third kappa shape index (κ3) is 5.85. The van der Waals surface area contributed by atoms with Gasteiger partial charge in [-0.1, -0.05) is 61.5 Å². The quantitative estimate of drug-likeness (QED) is 0.673. The highest BCUT2D eigenvalue weighted by molar-refractivity contribution is 5.79. The average Bonchev–Trinajstić information content (AvgIpc) is 2.78. The molecule has 5 heteroatoms. The minimum absolute atomic E-state index is 0.000801. The smallest absolute Gasteiger partial charge is 0.317 e. The van der Waals surface area contributed by atoms with Gasteiger partial charge in [-0.25, -0.2) is 4.79 Å². The first-order chi connectivity index (χ1) is 14.6. The fourth-order valence-electron chi connectivity index (χ4n) is 4.01. The van der Waals surface area contributed by atoms with Gasteiger partial charge in [0.1, 0.15) is 0 Å². The molecule has 0 aromatic heterocycles. The van der Waals surface area contributed by atoms with E-state index < -0.39 is 0 Å². The number of nitrogens with zero attached hydrogens (tertiary/aromatic N) is 1. The Morgan fingerprint density at radius 3 is 2.60 bits per heavy atom. The van der Waals surface area contributed by atoms with E-state index in [1.54, 1.807) is 4.90 Å². The Hall–Kier alpha value is -2.82. The normalized spacial score (nSPS) is 16.3. The Labute approximate surface area is 179 Å². The molecule has 5 nitrogen and oxygen atoms in total. The van der Waals surface area contributed by atoms with Crippen LogP contribution < -0.4 is 10.6 Å². The van der Waals surface area contributed by atoms with Crippen molar-refractivity contribution in [3.05, 3.63) is 71.3 Å². The van der Waals surface area contributed by atoms with E-state index in [4.69, 9.17) is 0 Å². The van der Waals surface area contributed by atoms with Gasteiger partial charge in [0.05, 0.1) is 6.04 Å². The van der Waals surface area contributed by atoms with Gasteiger partial charge >= 0.3 is 6.03 Å². The Bertz CT molecular complexity index is 837. The van der Waals surface area contributed by atoms with Gasteiger partial charge in [0.2, 0.25) is 5.91 Å². The van der Waals surface area contributed by atoms with Gasteiger partial charge in [-0.2, -0.15) is 0 Å². The number of amides is 3. The number of aryl methyl sites for hydroxylation is 1. The van der Waals surface area contributed by atoms with Crippen molar-refractivity contribution in [3.8, 4) is 0 Å². The SMILES string of the molecule is CCC(C)N(CCC(=O)NC1CCCc2ccccc21)C(=O)NCc1ccccc1. The molecule has 3 rings (SSSR count). The molecular formula is C25H33N3O2. The summed E-state index contributed by atoms with van der Waals surface area (Å²) in [7, 11) is 0. The van der Waals surface area contributed by atoms with Crippen LogP contribution in [0.15, 0.2) is 54.6 Å². The van der Waals surface area contributed by atoms with Crippen LogP contribution in [-0.2, 0) is 17.8 Å². The van der Waals surface area contributed by atoms with Gasteiger partial charge < -0.3 is 15.5 Å². The van der Waals surface area contributed by atoms with E-state index in [0.717, 1.165) is 31.2 Å². The number of urea groups is 1. The van der Waals surface area contributed by atoms with Crippen LogP contribution in [0.2, 0.25) is 0 Å². The summed E-state index contributed by atoms with van der Waals surface area (Å²) in [5.74, 6) is 0.000801. The van der Waals surface area contributed by atoms with Crippen LogP contribution >= 0.6 is 0 Å². The second-order valence-electron chi connectivity index (χ2n) is 8.06. The van der Waals surface area contributed by atoms with E-state index in [1.165, 1.54) is 11.1 Å². The second kappa shape index (κ2) is 10.8. The molecular weight excluding hydrogens is 374 g/mol. The Kier molecular flexibility index (Phi) is 7.89. The molecule has 2 aromatic carbocycles. The summed E-state index contributed by atoms with van der Waals surface area (Å²) in [5, 5.41) is 6.17. The molecule has 0 aliphatic heterocycles. The number of nitrogens with one attached hydrogen (secondary N) is 2. The summed E-state index contributed by atoms with van der Waals surface area (Å²) < 4.78 is 0. The van der Waals surface area contributed by atoms with Crippen molar-refractivity contribution in [2.45, 2.75) is 64.6 Å². The lowest BCUT2D eigenvalue weighted by Crippen LogP contribution is -2.46. The predicted molar refractivity (Wildman–Crippen MR) is 120 cm³/mol. The van der Waals surface area contributed by atoms with Crippen LogP contribution in [0.3, 0.4) is 0 Å². The summed E-state index contributed by atoms with van der Waals surface area (Å²) >= 11 is 0. The molecule has 2 N–H and O–H groups in total. The van der Waals surface area contributed by atoms with Gasteiger partial charge in [-0.15, -0.1) is 0 Å². The lowest BCUT2D eigenvalue weighted by molar-refractivity contribution is -0.122. The largest absolute Gasteiger partial charge is 0.349 e. The molecule has 3 amide bonds. The molecule has 0 heterocycles. The molecule has 0 fully saturated rings. The zero-order valence-electron chi connectivity index (χ0n) is 18.1. The van der Waals surface area contributed by atoms with Crippen LogP contribution in [0.5, 0.6) is 0 Å². The monoisotopic (exact) mass is 407 g/mol. The molecule has 2 unspecified atom stereocenters. The van der Waals surface area contributed by atoms with Crippen LogP contribution in [0.1, 0.15) is 62.3 Å².